The molecule has 1 saturated heterocycles. The van der Waals surface area contributed by atoms with Gasteiger partial charge in [-0.25, -0.2) is 4.79 Å². The van der Waals surface area contributed by atoms with E-state index in [4.69, 9.17) is 0 Å². The summed E-state index contributed by atoms with van der Waals surface area (Å²) in [7, 11) is 1.61. The lowest BCUT2D eigenvalue weighted by Gasteiger charge is -2.37. The van der Waals surface area contributed by atoms with Crippen molar-refractivity contribution < 1.29 is 24.0 Å². The quantitative estimate of drug-likeness (QED) is 0.0603. The highest BCUT2D eigenvalue weighted by atomic mass is 16.2. The molecule has 15 heteroatoms. The van der Waals surface area contributed by atoms with Crippen LogP contribution < -0.4 is 31.5 Å². The molecule has 0 saturated carbocycles. The van der Waals surface area contributed by atoms with Crippen LogP contribution in [0.1, 0.15) is 31.8 Å². The van der Waals surface area contributed by atoms with E-state index >= 15 is 0 Å². The van der Waals surface area contributed by atoms with E-state index in [-0.39, 0.29) is 24.8 Å². The van der Waals surface area contributed by atoms with Crippen molar-refractivity contribution in [1.29, 1.82) is 0 Å². The smallest absolute Gasteiger partial charge is 0.317 e. The molecule has 2 atom stereocenters. The van der Waals surface area contributed by atoms with Crippen LogP contribution in [0.4, 0.5) is 21.9 Å². The van der Waals surface area contributed by atoms with Crippen LogP contribution in [-0.4, -0.2) is 95.1 Å². The summed E-state index contributed by atoms with van der Waals surface area (Å²) in [5.41, 5.74) is 7.48. The topological polar surface area (TPSA) is 196 Å². The van der Waals surface area contributed by atoms with Gasteiger partial charge in [0.25, 0.3) is 11.8 Å². The molecule has 8 aromatic rings. The van der Waals surface area contributed by atoms with Crippen molar-refractivity contribution in [2.24, 2.45) is 0 Å². The van der Waals surface area contributed by atoms with E-state index in [1.807, 2.05) is 103 Å². The zero-order chi connectivity index (χ0) is 47.0. The predicted molar refractivity (Wildman–Crippen MR) is 265 cm³/mol. The fraction of sp³-hybridized carbons (Fsp3) is 0.170. The third-order valence-corrected chi connectivity index (χ3v) is 12.2. The summed E-state index contributed by atoms with van der Waals surface area (Å²) in [6.45, 7) is 1.99. The average molecular weight is 907 g/mol. The molecule has 68 heavy (non-hydrogen) atoms. The molecule has 1 aliphatic heterocycles. The van der Waals surface area contributed by atoms with Gasteiger partial charge in [0.05, 0.1) is 28.8 Å². The van der Waals surface area contributed by atoms with E-state index in [1.165, 1.54) is 0 Å². The summed E-state index contributed by atoms with van der Waals surface area (Å²) in [6, 6.07) is 42.5. The Hall–Kier alpha value is -8.72. The Morgan fingerprint density at radius 3 is 2.01 bits per heavy atom. The maximum absolute atomic E-state index is 14.5. The van der Waals surface area contributed by atoms with Gasteiger partial charge in [-0.3, -0.25) is 24.3 Å². The van der Waals surface area contributed by atoms with Gasteiger partial charge in [0.1, 0.15) is 12.1 Å². The van der Waals surface area contributed by atoms with Crippen molar-refractivity contribution in [1.82, 2.24) is 36.0 Å². The zero-order valence-electron chi connectivity index (χ0n) is 37.3. The lowest BCUT2D eigenvalue weighted by molar-refractivity contribution is -0.118. The third-order valence-electron chi connectivity index (χ3n) is 12.2. The van der Waals surface area contributed by atoms with Gasteiger partial charge in [-0.1, -0.05) is 91.0 Å². The van der Waals surface area contributed by atoms with Gasteiger partial charge >= 0.3 is 6.03 Å². The Bertz CT molecular complexity index is 3110. The first-order valence-corrected chi connectivity index (χ1v) is 22.5. The van der Waals surface area contributed by atoms with Crippen LogP contribution in [0.3, 0.4) is 0 Å². The largest absolute Gasteiger partial charge is 0.366 e. The van der Waals surface area contributed by atoms with Crippen molar-refractivity contribution >= 4 is 68.5 Å². The monoisotopic (exact) mass is 906 g/mol. The Labute approximate surface area is 392 Å². The highest BCUT2D eigenvalue weighted by molar-refractivity contribution is 6.10. The van der Waals surface area contributed by atoms with Gasteiger partial charge in [-0.05, 0) is 76.9 Å². The minimum absolute atomic E-state index is 0.148. The van der Waals surface area contributed by atoms with Crippen molar-refractivity contribution in [2.75, 3.05) is 48.8 Å². The Balaban J connectivity index is 1.02. The van der Waals surface area contributed by atoms with Crippen LogP contribution >= 0.6 is 0 Å². The van der Waals surface area contributed by atoms with Crippen LogP contribution in [0.2, 0.25) is 0 Å². The number of hydrogen-bond acceptors (Lipinski definition) is 7. The number of H-pyrrole nitrogens is 2. The molecular formula is C53H50N10O5. The molecule has 2 aromatic heterocycles. The Morgan fingerprint density at radius 2 is 1.25 bits per heavy atom. The number of nitrogens with one attached hydrogen (secondary N) is 7. The number of anilines is 3. The van der Waals surface area contributed by atoms with Gasteiger partial charge < -0.3 is 41.4 Å². The molecule has 9 rings (SSSR count). The van der Waals surface area contributed by atoms with Crippen LogP contribution in [0.15, 0.2) is 158 Å². The minimum Gasteiger partial charge on any atom is -0.366 e. The number of aromatic nitrogens is 3. The summed E-state index contributed by atoms with van der Waals surface area (Å²) in [4.78, 5) is 75.9. The minimum atomic E-state index is -0.993. The molecule has 6 aromatic carbocycles. The first kappa shape index (κ1) is 44.5. The number of carbonyl (C=O) groups is 5. The number of hydrogen-bond donors (Lipinski definition) is 7. The molecule has 0 radical (unpaired) electrons. The van der Waals surface area contributed by atoms with Crippen molar-refractivity contribution in [3.8, 4) is 11.1 Å². The summed E-state index contributed by atoms with van der Waals surface area (Å²) >= 11 is 0. The second-order valence-corrected chi connectivity index (χ2v) is 16.6. The standard InChI is InChI=1S/C53H50N10O5/c1-54-53(68)63-27-25-62(26-28-63)48-22-21-38(32-45(48)58-52(67)46(30-34-11-4-2-5-12-34)59-49(64)36-14-6-3-7-15-36)37-16-8-13-35(29-37)31-47(51(66)57-43-19-10-20-44-41(43)33-56-61-44)60-50(65)40-17-9-18-42-39(40)23-24-55-42/h2-24,29,32-33,46-47,55H,25-28,30-31H2,1H3,(H,54,68)(H,56,61)(H,57,66)(H,58,67)(H,59,64)(H,60,65). The van der Waals surface area contributed by atoms with Gasteiger partial charge in [0.2, 0.25) is 11.8 Å². The number of aromatic amines is 2. The lowest BCUT2D eigenvalue weighted by Crippen LogP contribution is -2.51. The van der Waals surface area contributed by atoms with Crippen LogP contribution in [-0.2, 0) is 22.4 Å². The fourth-order valence-electron chi connectivity index (χ4n) is 8.65. The first-order chi connectivity index (χ1) is 33.2. The molecule has 0 aliphatic carbocycles. The van der Waals surface area contributed by atoms with E-state index in [1.54, 1.807) is 66.8 Å². The average Bonchev–Trinajstić information content (AvgIpc) is 4.08. The molecule has 342 valence electrons. The maximum Gasteiger partial charge on any atom is 0.317 e. The fourth-order valence-corrected chi connectivity index (χ4v) is 8.65. The van der Waals surface area contributed by atoms with Gasteiger partial charge in [0, 0.05) is 79.7 Å². The SMILES string of the molecule is CNC(=O)N1CCN(c2ccc(-c3cccc(CC(NC(=O)c4cccc5[nH]ccc45)C(=O)Nc4cccc5[nH]ncc45)c3)cc2NC(=O)C(Cc2ccccc2)NC(=O)c2ccccc2)CC1. The number of rotatable bonds is 14. The van der Waals surface area contributed by atoms with Crippen molar-refractivity contribution in [3.63, 3.8) is 0 Å². The predicted octanol–water partition coefficient (Wildman–Crippen LogP) is 7.13. The van der Waals surface area contributed by atoms with E-state index in [9.17, 15) is 24.0 Å². The highest BCUT2D eigenvalue weighted by Crippen LogP contribution is 2.34. The first-order valence-electron chi connectivity index (χ1n) is 22.5. The van der Waals surface area contributed by atoms with E-state index < -0.39 is 29.8 Å². The molecule has 1 fully saturated rings. The number of urea groups is 1. The molecule has 2 unspecified atom stereocenters. The second-order valence-electron chi connectivity index (χ2n) is 16.6. The molecule has 3 heterocycles. The number of fused-ring (bicyclic) bond motifs is 2. The molecular weight excluding hydrogens is 857 g/mol. The van der Waals surface area contributed by atoms with Crippen molar-refractivity contribution in [2.45, 2.75) is 24.9 Å². The second kappa shape index (κ2) is 20.2. The van der Waals surface area contributed by atoms with Crippen LogP contribution in [0.5, 0.6) is 0 Å². The lowest BCUT2D eigenvalue weighted by atomic mass is 9.97. The molecule has 15 nitrogen and oxygen atoms in total. The normalized spacial score (nSPS) is 13.4. The third kappa shape index (κ3) is 10.1. The highest BCUT2D eigenvalue weighted by Gasteiger charge is 2.28. The number of piperazine rings is 1. The van der Waals surface area contributed by atoms with E-state index in [0.717, 1.165) is 49.7 Å². The number of carbonyl (C=O) groups excluding carboxylic acids is 5. The summed E-state index contributed by atoms with van der Waals surface area (Å²) < 4.78 is 0. The molecule has 0 bridgehead atoms. The Morgan fingerprint density at radius 1 is 0.603 bits per heavy atom. The van der Waals surface area contributed by atoms with Gasteiger partial charge in [-0.2, -0.15) is 5.10 Å². The molecule has 0 spiro atoms. The zero-order valence-corrected chi connectivity index (χ0v) is 37.3. The summed E-state index contributed by atoms with van der Waals surface area (Å²) in [5.74, 6) is -1.58. The Kier molecular flexibility index (Phi) is 13.2. The summed E-state index contributed by atoms with van der Waals surface area (Å²) in [6.07, 6.45) is 3.81. The number of amides is 6. The molecule has 7 N–H and O–H groups in total. The van der Waals surface area contributed by atoms with Crippen molar-refractivity contribution in [3.05, 3.63) is 180 Å². The number of benzene rings is 6. The molecule has 1 aliphatic rings. The van der Waals surface area contributed by atoms with Crippen LogP contribution in [0.25, 0.3) is 32.9 Å². The maximum atomic E-state index is 14.5. The van der Waals surface area contributed by atoms with Crippen LogP contribution in [0, 0.1) is 0 Å². The van der Waals surface area contributed by atoms with E-state index in [2.05, 4.69) is 46.7 Å². The van der Waals surface area contributed by atoms with Gasteiger partial charge in [-0.15, -0.1) is 0 Å². The van der Waals surface area contributed by atoms with Gasteiger partial charge in [0.15, 0.2) is 0 Å². The molecule has 6 amide bonds. The number of nitrogens with zero attached hydrogens (tertiary/aromatic N) is 3. The summed E-state index contributed by atoms with van der Waals surface area (Å²) in [5, 5.41) is 23.5. The van der Waals surface area contributed by atoms with E-state index in [0.29, 0.717) is 48.7 Å².